The molecular weight excluding hydrogens is 349 g/mol. The molecule has 0 saturated heterocycles. The molecule has 0 unspecified atom stereocenters. The second-order valence-electron chi connectivity index (χ2n) is 7.67. The lowest BCUT2D eigenvalue weighted by molar-refractivity contribution is 0.0290. The second kappa shape index (κ2) is 6.68. The summed E-state index contributed by atoms with van der Waals surface area (Å²) < 4.78 is 24.7. The summed E-state index contributed by atoms with van der Waals surface area (Å²) in [5.41, 5.74) is -1.12. The van der Waals surface area contributed by atoms with Gasteiger partial charge in [0.05, 0.1) is 5.56 Å². The Labute approximate surface area is 157 Å². The highest BCUT2D eigenvalue weighted by molar-refractivity contribution is 6.08. The van der Waals surface area contributed by atoms with E-state index >= 15 is 0 Å². The Morgan fingerprint density at radius 1 is 1.15 bits per heavy atom. The number of carbonyl (C=O) groups excluding carboxylic acids is 2. The molecule has 0 fully saturated rings. The first-order valence-corrected chi connectivity index (χ1v) is 8.68. The average Bonchev–Trinajstić information content (AvgIpc) is 2.84. The van der Waals surface area contributed by atoms with Crippen LogP contribution >= 0.6 is 0 Å². The first kappa shape index (κ1) is 18.9. The summed E-state index contributed by atoms with van der Waals surface area (Å²) in [6.45, 7) is 6.84. The fourth-order valence-corrected chi connectivity index (χ4v) is 3.10. The molecular formula is C21H22FNO4. The molecule has 2 aromatic rings. The summed E-state index contributed by atoms with van der Waals surface area (Å²) in [7, 11) is 0. The topological polar surface area (TPSA) is 64.6 Å². The van der Waals surface area contributed by atoms with Crippen molar-refractivity contribution in [2.24, 2.45) is 0 Å². The Morgan fingerprint density at radius 3 is 2.37 bits per heavy atom. The molecule has 5 nitrogen and oxygen atoms in total. The predicted molar refractivity (Wildman–Crippen MR) is 98.3 cm³/mol. The molecule has 6 heteroatoms. The number of hydrogen-bond donors (Lipinski definition) is 1. The zero-order chi connectivity index (χ0) is 19.8. The normalized spacial score (nSPS) is 19.8. The molecule has 0 aliphatic carbocycles. The van der Waals surface area contributed by atoms with Crippen LogP contribution in [0.1, 0.15) is 49.7 Å². The van der Waals surface area contributed by atoms with E-state index in [4.69, 9.17) is 9.47 Å². The fraction of sp³-hybridized carbons (Fsp3) is 0.333. The largest absolute Gasteiger partial charge is 0.476 e. The lowest BCUT2D eigenvalue weighted by Crippen LogP contribution is -2.51. The number of alkyl carbamates (subject to hydrolysis) is 1. The van der Waals surface area contributed by atoms with Gasteiger partial charge in [-0.15, -0.1) is 0 Å². The summed E-state index contributed by atoms with van der Waals surface area (Å²) in [4.78, 5) is 25.5. The number of fused-ring (bicyclic) bond motifs is 1. The number of para-hydroxylation sites is 1. The van der Waals surface area contributed by atoms with Gasteiger partial charge in [-0.25, -0.2) is 9.18 Å². The standard InChI is InChI=1S/C21H22FNO4/c1-20(2,3)27-19(25)23-17(13-9-11-14(22)12-10-13)21(4)18(24)15-7-5-6-8-16(15)26-21/h5-12,17H,1-4H3,(H,23,25)/t17-,21+/m0/s1. The number of ether oxygens (including phenoxy) is 2. The molecule has 0 bridgehead atoms. The number of benzene rings is 2. The van der Waals surface area contributed by atoms with Crippen molar-refractivity contribution in [3.8, 4) is 5.75 Å². The number of hydrogen-bond acceptors (Lipinski definition) is 4. The maximum atomic E-state index is 13.4. The summed E-state index contributed by atoms with van der Waals surface area (Å²) in [5, 5.41) is 2.73. The fourth-order valence-electron chi connectivity index (χ4n) is 3.10. The van der Waals surface area contributed by atoms with Gasteiger partial charge in [-0.3, -0.25) is 4.79 Å². The second-order valence-corrected chi connectivity index (χ2v) is 7.67. The number of Topliss-reactive ketones (excluding diaryl/α,β-unsaturated/α-hetero) is 1. The van der Waals surface area contributed by atoms with Crippen LogP contribution in [0.4, 0.5) is 9.18 Å². The molecule has 142 valence electrons. The number of halogens is 1. The minimum absolute atomic E-state index is 0.261. The zero-order valence-electron chi connectivity index (χ0n) is 15.7. The van der Waals surface area contributed by atoms with Gasteiger partial charge in [0.25, 0.3) is 0 Å². The molecule has 1 amide bonds. The molecule has 1 aliphatic heterocycles. The van der Waals surface area contributed by atoms with Crippen molar-refractivity contribution in [1.29, 1.82) is 0 Å². The minimum Gasteiger partial charge on any atom is -0.476 e. The van der Waals surface area contributed by atoms with Gasteiger partial charge < -0.3 is 14.8 Å². The lowest BCUT2D eigenvalue weighted by atomic mass is 9.85. The molecule has 3 rings (SSSR count). The van der Waals surface area contributed by atoms with Crippen molar-refractivity contribution in [3.63, 3.8) is 0 Å². The van der Waals surface area contributed by atoms with Gasteiger partial charge in [0, 0.05) is 0 Å². The van der Waals surface area contributed by atoms with E-state index in [1.807, 2.05) is 0 Å². The van der Waals surface area contributed by atoms with E-state index in [9.17, 15) is 14.0 Å². The number of carbonyl (C=O) groups is 2. The van der Waals surface area contributed by atoms with Gasteiger partial charge in [-0.1, -0.05) is 24.3 Å². The van der Waals surface area contributed by atoms with E-state index < -0.39 is 29.2 Å². The average molecular weight is 371 g/mol. The molecule has 1 aliphatic rings. The van der Waals surface area contributed by atoms with E-state index in [-0.39, 0.29) is 5.78 Å². The van der Waals surface area contributed by atoms with Crippen molar-refractivity contribution >= 4 is 11.9 Å². The Kier molecular flexibility index (Phi) is 4.68. The molecule has 27 heavy (non-hydrogen) atoms. The molecule has 2 atom stereocenters. The van der Waals surface area contributed by atoms with Crippen molar-refractivity contribution < 1.29 is 23.5 Å². The van der Waals surface area contributed by atoms with Gasteiger partial charge in [-0.05, 0) is 57.5 Å². The molecule has 0 aromatic heterocycles. The minimum atomic E-state index is -1.39. The van der Waals surface area contributed by atoms with Crippen molar-refractivity contribution in [2.75, 3.05) is 0 Å². The monoisotopic (exact) mass is 371 g/mol. The summed E-state index contributed by atoms with van der Waals surface area (Å²) in [5.74, 6) is -0.228. The molecule has 1 N–H and O–H groups in total. The van der Waals surface area contributed by atoms with Crippen LogP contribution < -0.4 is 10.1 Å². The predicted octanol–water partition coefficient (Wildman–Crippen LogP) is 4.43. The van der Waals surface area contributed by atoms with Crippen LogP contribution in [-0.4, -0.2) is 23.1 Å². The molecule has 0 spiro atoms. The Balaban J connectivity index is 1.98. The van der Waals surface area contributed by atoms with E-state index in [2.05, 4.69) is 5.32 Å². The van der Waals surface area contributed by atoms with Crippen molar-refractivity contribution in [3.05, 3.63) is 65.5 Å². The smallest absolute Gasteiger partial charge is 0.408 e. The van der Waals surface area contributed by atoms with Crippen LogP contribution in [-0.2, 0) is 4.74 Å². The van der Waals surface area contributed by atoms with E-state index in [1.165, 1.54) is 24.3 Å². The number of amides is 1. The zero-order valence-corrected chi connectivity index (χ0v) is 15.7. The lowest BCUT2D eigenvalue weighted by Gasteiger charge is -2.33. The van der Waals surface area contributed by atoms with E-state index in [0.29, 0.717) is 16.9 Å². The maximum Gasteiger partial charge on any atom is 0.408 e. The summed E-state index contributed by atoms with van der Waals surface area (Å²) in [6.07, 6.45) is -0.689. The van der Waals surface area contributed by atoms with Gasteiger partial charge in [0.1, 0.15) is 23.2 Å². The quantitative estimate of drug-likeness (QED) is 0.867. The van der Waals surface area contributed by atoms with Crippen LogP contribution in [0, 0.1) is 5.82 Å². The maximum absolute atomic E-state index is 13.4. The van der Waals surface area contributed by atoms with Gasteiger partial charge in [0.15, 0.2) is 5.60 Å². The Bertz CT molecular complexity index is 872. The first-order valence-electron chi connectivity index (χ1n) is 8.68. The van der Waals surface area contributed by atoms with E-state index in [1.54, 1.807) is 52.0 Å². The number of nitrogens with one attached hydrogen (secondary N) is 1. The molecule has 0 saturated carbocycles. The SMILES string of the molecule is CC(C)(C)OC(=O)N[C@@H](c1ccc(F)cc1)[C@@]1(C)Oc2ccccc2C1=O. The van der Waals surface area contributed by atoms with Crippen molar-refractivity contribution in [2.45, 2.75) is 44.9 Å². The first-order chi connectivity index (χ1) is 12.6. The third-order valence-corrected chi connectivity index (χ3v) is 4.32. The number of rotatable bonds is 3. The van der Waals surface area contributed by atoms with Crippen LogP contribution in [0.15, 0.2) is 48.5 Å². The van der Waals surface area contributed by atoms with Gasteiger partial charge in [-0.2, -0.15) is 0 Å². The van der Waals surface area contributed by atoms with Crippen LogP contribution in [0.3, 0.4) is 0 Å². The van der Waals surface area contributed by atoms with Crippen LogP contribution in [0.25, 0.3) is 0 Å². The van der Waals surface area contributed by atoms with Crippen LogP contribution in [0.5, 0.6) is 5.75 Å². The van der Waals surface area contributed by atoms with E-state index in [0.717, 1.165) is 0 Å². The molecule has 0 radical (unpaired) electrons. The van der Waals surface area contributed by atoms with Crippen LogP contribution in [0.2, 0.25) is 0 Å². The number of ketones is 1. The summed E-state index contributed by atoms with van der Waals surface area (Å²) >= 11 is 0. The summed E-state index contributed by atoms with van der Waals surface area (Å²) in [6, 6.07) is 11.6. The third kappa shape index (κ3) is 3.79. The van der Waals surface area contributed by atoms with Gasteiger partial charge >= 0.3 is 6.09 Å². The van der Waals surface area contributed by atoms with Crippen molar-refractivity contribution in [1.82, 2.24) is 5.32 Å². The Morgan fingerprint density at radius 2 is 1.78 bits per heavy atom. The third-order valence-electron chi connectivity index (χ3n) is 4.32. The highest BCUT2D eigenvalue weighted by Crippen LogP contribution is 2.42. The highest BCUT2D eigenvalue weighted by atomic mass is 19.1. The molecule has 1 heterocycles. The highest BCUT2D eigenvalue weighted by Gasteiger charge is 2.51. The Hall–Kier alpha value is -2.89. The molecule has 2 aromatic carbocycles. The van der Waals surface area contributed by atoms with Gasteiger partial charge in [0.2, 0.25) is 5.78 Å².